The van der Waals surface area contributed by atoms with Crippen molar-refractivity contribution in [3.63, 3.8) is 0 Å². The molecule has 0 aliphatic carbocycles. The molecule has 1 atom stereocenters. The summed E-state index contributed by atoms with van der Waals surface area (Å²) in [4.78, 5) is 42.2. The molecule has 1 unspecified atom stereocenters. The van der Waals surface area contributed by atoms with Gasteiger partial charge >= 0.3 is 0 Å². The number of carbonyl (C=O) groups excluding carboxylic acids is 2. The molecule has 1 saturated heterocycles. The minimum atomic E-state index is -0.554. The number of hydrogen-bond donors (Lipinski definition) is 1. The van der Waals surface area contributed by atoms with Crippen LogP contribution >= 0.6 is 11.8 Å². The van der Waals surface area contributed by atoms with Crippen molar-refractivity contribution in [1.82, 2.24) is 4.90 Å². The zero-order chi connectivity index (χ0) is 22.9. The normalized spacial score (nSPS) is 17.0. The molecule has 1 fully saturated rings. The molecule has 0 spiro atoms. The van der Waals surface area contributed by atoms with E-state index in [2.05, 4.69) is 17.2 Å². The van der Waals surface area contributed by atoms with E-state index >= 15 is 0 Å². The molecule has 2 amide bonds. The summed E-state index contributed by atoms with van der Waals surface area (Å²) in [5, 5.41) is 13.5. The number of thioether (sulfide) groups is 1. The third kappa shape index (κ3) is 6.40. The number of amidine groups is 1. The van der Waals surface area contributed by atoms with Gasteiger partial charge in [-0.1, -0.05) is 56.1 Å². The molecule has 1 N–H and O–H groups in total. The van der Waals surface area contributed by atoms with Gasteiger partial charge in [0.15, 0.2) is 5.17 Å². The number of nitrogens with zero attached hydrogens (tertiary/aromatic N) is 3. The van der Waals surface area contributed by atoms with E-state index in [9.17, 15) is 19.7 Å². The molecular formula is C23H26N4O4S. The Morgan fingerprint density at radius 3 is 2.50 bits per heavy atom. The number of rotatable bonds is 10. The zero-order valence-electron chi connectivity index (χ0n) is 17.9. The Labute approximate surface area is 191 Å². The zero-order valence-corrected chi connectivity index (χ0v) is 18.7. The van der Waals surface area contributed by atoms with Crippen LogP contribution < -0.4 is 5.32 Å². The predicted molar refractivity (Wildman–Crippen MR) is 127 cm³/mol. The second-order valence-electron chi connectivity index (χ2n) is 7.44. The molecule has 0 saturated carbocycles. The highest BCUT2D eigenvalue weighted by Gasteiger charge is 2.38. The lowest BCUT2D eigenvalue weighted by Gasteiger charge is -2.16. The van der Waals surface area contributed by atoms with E-state index < -0.39 is 10.2 Å². The molecule has 2 aromatic carbocycles. The van der Waals surface area contributed by atoms with Gasteiger partial charge in [0.2, 0.25) is 11.8 Å². The summed E-state index contributed by atoms with van der Waals surface area (Å²) in [5.74, 6) is -0.434. The molecule has 1 heterocycles. The van der Waals surface area contributed by atoms with Crippen LogP contribution in [0.15, 0.2) is 59.6 Å². The number of unbranched alkanes of at least 4 members (excludes halogenated alkanes) is 3. The van der Waals surface area contributed by atoms with Crippen molar-refractivity contribution >= 4 is 45.8 Å². The molecule has 1 aliphatic heterocycles. The van der Waals surface area contributed by atoms with Crippen LogP contribution in [-0.4, -0.2) is 38.6 Å². The first-order chi connectivity index (χ1) is 15.5. The maximum absolute atomic E-state index is 13.0. The van der Waals surface area contributed by atoms with Crippen molar-refractivity contribution in [3.05, 3.63) is 64.7 Å². The SMILES string of the molecule is CCCCCCN1C(=O)C(CC(=O)Nc2ccc([N+](=O)[O-])cc2)SC1=Nc1ccccc1. The van der Waals surface area contributed by atoms with Gasteiger partial charge < -0.3 is 5.32 Å². The largest absolute Gasteiger partial charge is 0.326 e. The summed E-state index contributed by atoms with van der Waals surface area (Å²) in [7, 11) is 0. The lowest BCUT2D eigenvalue weighted by Crippen LogP contribution is -2.34. The fourth-order valence-electron chi connectivity index (χ4n) is 3.29. The number of hydrogen-bond acceptors (Lipinski definition) is 6. The van der Waals surface area contributed by atoms with Gasteiger partial charge in [-0.05, 0) is 30.7 Å². The Bertz CT molecular complexity index is 979. The van der Waals surface area contributed by atoms with Gasteiger partial charge in [0.05, 0.1) is 10.6 Å². The van der Waals surface area contributed by atoms with Crippen LogP contribution in [0.3, 0.4) is 0 Å². The molecule has 3 rings (SSSR count). The van der Waals surface area contributed by atoms with E-state index in [1.165, 1.54) is 36.0 Å². The van der Waals surface area contributed by atoms with Crippen LogP contribution in [-0.2, 0) is 9.59 Å². The Hall–Kier alpha value is -3.20. The van der Waals surface area contributed by atoms with E-state index in [-0.39, 0.29) is 23.9 Å². The van der Waals surface area contributed by atoms with Crippen molar-refractivity contribution in [1.29, 1.82) is 0 Å². The van der Waals surface area contributed by atoms with Crippen LogP contribution in [0.2, 0.25) is 0 Å². The smallest absolute Gasteiger partial charge is 0.269 e. The molecule has 2 aromatic rings. The summed E-state index contributed by atoms with van der Waals surface area (Å²) in [5.41, 5.74) is 1.16. The average molecular weight is 455 g/mol. The number of para-hydroxylation sites is 1. The maximum Gasteiger partial charge on any atom is 0.269 e. The molecule has 0 radical (unpaired) electrons. The number of carbonyl (C=O) groups is 2. The van der Waals surface area contributed by atoms with Crippen LogP contribution in [0, 0.1) is 10.1 Å². The van der Waals surface area contributed by atoms with Crippen LogP contribution in [0.1, 0.15) is 39.0 Å². The van der Waals surface area contributed by atoms with E-state index in [0.29, 0.717) is 17.4 Å². The van der Waals surface area contributed by atoms with Crippen molar-refractivity contribution in [2.45, 2.75) is 44.3 Å². The van der Waals surface area contributed by atoms with Gasteiger partial charge in [0.1, 0.15) is 5.25 Å². The summed E-state index contributed by atoms with van der Waals surface area (Å²) < 4.78 is 0. The number of anilines is 1. The maximum atomic E-state index is 13.0. The van der Waals surface area contributed by atoms with Gasteiger partial charge in [0.25, 0.3) is 5.69 Å². The number of non-ortho nitro benzene ring substituents is 1. The first-order valence-electron chi connectivity index (χ1n) is 10.6. The van der Waals surface area contributed by atoms with Crippen molar-refractivity contribution in [2.75, 3.05) is 11.9 Å². The fraction of sp³-hybridized carbons (Fsp3) is 0.348. The highest BCUT2D eigenvalue weighted by molar-refractivity contribution is 8.15. The van der Waals surface area contributed by atoms with E-state index in [1.807, 2.05) is 30.3 Å². The van der Waals surface area contributed by atoms with Gasteiger partial charge in [-0.3, -0.25) is 24.6 Å². The Kier molecular flexibility index (Phi) is 8.38. The van der Waals surface area contributed by atoms with Gasteiger partial charge in [-0.2, -0.15) is 0 Å². The summed E-state index contributed by atoms with van der Waals surface area (Å²) in [6.45, 7) is 2.72. The second-order valence-corrected chi connectivity index (χ2v) is 8.61. The molecule has 8 nitrogen and oxygen atoms in total. The summed E-state index contributed by atoms with van der Waals surface area (Å²) in [6, 6.07) is 15.0. The fourth-order valence-corrected chi connectivity index (χ4v) is 4.47. The minimum Gasteiger partial charge on any atom is -0.326 e. The quantitative estimate of drug-likeness (QED) is 0.304. The predicted octanol–water partition coefficient (Wildman–Crippen LogP) is 5.14. The Morgan fingerprint density at radius 1 is 1.12 bits per heavy atom. The number of amides is 2. The molecule has 32 heavy (non-hydrogen) atoms. The third-order valence-electron chi connectivity index (χ3n) is 4.97. The number of nitro groups is 1. The van der Waals surface area contributed by atoms with Crippen molar-refractivity contribution in [3.8, 4) is 0 Å². The van der Waals surface area contributed by atoms with Gasteiger partial charge in [0, 0.05) is 30.8 Å². The summed E-state index contributed by atoms with van der Waals surface area (Å²) >= 11 is 1.31. The first kappa shape index (κ1) is 23.5. The summed E-state index contributed by atoms with van der Waals surface area (Å²) in [6.07, 6.45) is 4.14. The van der Waals surface area contributed by atoms with Gasteiger partial charge in [-0.15, -0.1) is 0 Å². The number of nitro benzene ring substituents is 1. The van der Waals surface area contributed by atoms with Crippen LogP contribution in [0.4, 0.5) is 17.1 Å². The minimum absolute atomic E-state index is 0.000241. The molecule has 9 heteroatoms. The van der Waals surface area contributed by atoms with Crippen LogP contribution in [0.5, 0.6) is 0 Å². The molecule has 0 aromatic heterocycles. The highest BCUT2D eigenvalue weighted by atomic mass is 32.2. The Morgan fingerprint density at radius 2 is 1.84 bits per heavy atom. The molecule has 1 aliphatic rings. The number of nitrogens with one attached hydrogen (secondary N) is 1. The monoisotopic (exact) mass is 454 g/mol. The number of benzene rings is 2. The van der Waals surface area contributed by atoms with E-state index in [4.69, 9.17) is 0 Å². The van der Waals surface area contributed by atoms with Gasteiger partial charge in [-0.25, -0.2) is 4.99 Å². The molecule has 0 bridgehead atoms. The third-order valence-corrected chi connectivity index (χ3v) is 6.14. The van der Waals surface area contributed by atoms with Crippen LogP contribution in [0.25, 0.3) is 0 Å². The highest BCUT2D eigenvalue weighted by Crippen LogP contribution is 2.32. The lowest BCUT2D eigenvalue weighted by atomic mass is 10.2. The first-order valence-corrected chi connectivity index (χ1v) is 11.5. The van der Waals surface area contributed by atoms with Crippen molar-refractivity contribution in [2.24, 2.45) is 4.99 Å². The standard InChI is InChI=1S/C23H26N4O4S/c1-2-3-4-8-15-26-22(29)20(32-23(26)25-17-9-6-5-7-10-17)16-21(28)24-18-11-13-19(14-12-18)27(30)31/h5-7,9-14,20H,2-4,8,15-16H2,1H3,(H,24,28). The van der Waals surface area contributed by atoms with E-state index in [0.717, 1.165) is 31.4 Å². The lowest BCUT2D eigenvalue weighted by molar-refractivity contribution is -0.384. The Balaban J connectivity index is 1.67. The molecule has 168 valence electrons. The number of aliphatic imine (C=N–C) groups is 1. The average Bonchev–Trinajstić information content (AvgIpc) is 3.06. The van der Waals surface area contributed by atoms with E-state index in [1.54, 1.807) is 4.90 Å². The second kappa shape index (κ2) is 11.4. The molecular weight excluding hydrogens is 428 g/mol. The van der Waals surface area contributed by atoms with Crippen molar-refractivity contribution < 1.29 is 14.5 Å². The topological polar surface area (TPSA) is 105 Å².